The normalized spacial score (nSPS) is 10.8. The van der Waals surface area contributed by atoms with Crippen LogP contribution < -0.4 is 10.1 Å². The van der Waals surface area contributed by atoms with Crippen LogP contribution in [0.3, 0.4) is 0 Å². The van der Waals surface area contributed by atoms with Crippen LogP contribution >= 0.6 is 22.7 Å². The molecule has 0 saturated heterocycles. The number of ether oxygens (including phenoxy) is 2. The van der Waals surface area contributed by atoms with Crippen molar-refractivity contribution in [3.8, 4) is 5.75 Å². The number of thiazole rings is 2. The molecule has 134 valence electrons. The Kier molecular flexibility index (Phi) is 5.98. The molecule has 0 saturated carbocycles. The molecule has 0 atom stereocenters. The summed E-state index contributed by atoms with van der Waals surface area (Å²) in [6.07, 6.45) is 3.01. The quantitative estimate of drug-likeness (QED) is 0.478. The lowest BCUT2D eigenvalue weighted by molar-refractivity contribution is -0.139. The predicted octanol–water partition coefficient (Wildman–Crippen LogP) is 4.42. The molecular formula is C18H17N3O3S2. The van der Waals surface area contributed by atoms with Crippen LogP contribution in [-0.4, -0.2) is 23.0 Å². The zero-order chi connectivity index (χ0) is 18.4. The molecule has 0 bridgehead atoms. The first-order valence-corrected chi connectivity index (χ1v) is 9.51. The van der Waals surface area contributed by atoms with Crippen LogP contribution in [0.15, 0.2) is 41.1 Å². The van der Waals surface area contributed by atoms with Gasteiger partial charge >= 0.3 is 5.97 Å². The minimum atomic E-state index is -0.423. The summed E-state index contributed by atoms with van der Waals surface area (Å²) in [6, 6.07) is 7.55. The van der Waals surface area contributed by atoms with Gasteiger partial charge in [0.15, 0.2) is 5.13 Å². The summed E-state index contributed by atoms with van der Waals surface area (Å²) in [5, 5.41) is 8.63. The van der Waals surface area contributed by atoms with Crippen LogP contribution in [0.25, 0.3) is 6.08 Å². The lowest BCUT2D eigenvalue weighted by Gasteiger charge is -2.04. The van der Waals surface area contributed by atoms with Crippen molar-refractivity contribution in [2.24, 2.45) is 0 Å². The number of carbonyl (C=O) groups excluding carboxylic acids is 1. The van der Waals surface area contributed by atoms with Crippen LogP contribution in [0.1, 0.15) is 16.4 Å². The number of hydrogen-bond acceptors (Lipinski definition) is 8. The fourth-order valence-corrected chi connectivity index (χ4v) is 3.33. The van der Waals surface area contributed by atoms with E-state index >= 15 is 0 Å². The second-order valence-corrected chi connectivity index (χ2v) is 7.15. The van der Waals surface area contributed by atoms with Gasteiger partial charge in [0.05, 0.1) is 23.5 Å². The van der Waals surface area contributed by atoms with Crippen LogP contribution in [0.4, 0.5) is 10.8 Å². The third-order valence-electron chi connectivity index (χ3n) is 3.28. The van der Waals surface area contributed by atoms with Crippen molar-refractivity contribution in [2.75, 3.05) is 12.4 Å². The molecule has 2 aromatic heterocycles. The van der Waals surface area contributed by atoms with Crippen LogP contribution in [0.5, 0.6) is 5.75 Å². The predicted molar refractivity (Wildman–Crippen MR) is 104 cm³/mol. The second kappa shape index (κ2) is 8.59. The van der Waals surface area contributed by atoms with Crippen LogP contribution in [-0.2, 0) is 16.1 Å². The number of anilines is 2. The average molecular weight is 387 g/mol. The number of aryl methyl sites for hydroxylation is 1. The summed E-state index contributed by atoms with van der Waals surface area (Å²) in [5.41, 5.74) is 2.35. The van der Waals surface area contributed by atoms with Gasteiger partial charge in [-0.3, -0.25) is 0 Å². The number of aromatic nitrogens is 2. The maximum Gasteiger partial charge on any atom is 0.331 e. The number of nitrogens with zero attached hydrogens (tertiary/aromatic N) is 2. The standard InChI is InChI=1S/C18H17N3O3S2/c1-12-19-14(10-25-12)5-8-17(22)24-9-15-11-26-18(21-15)20-13-3-6-16(23-2)7-4-13/h3-8,10-11H,9H2,1-2H3,(H,20,21)/b8-5+. The molecule has 8 heteroatoms. The van der Waals surface area contributed by atoms with E-state index in [0.29, 0.717) is 5.69 Å². The fraction of sp³-hybridized carbons (Fsp3) is 0.167. The van der Waals surface area contributed by atoms with Gasteiger partial charge in [-0.15, -0.1) is 22.7 Å². The summed E-state index contributed by atoms with van der Waals surface area (Å²) in [4.78, 5) is 20.4. The molecule has 0 spiro atoms. The molecule has 0 radical (unpaired) electrons. The Bertz CT molecular complexity index is 901. The molecule has 1 N–H and O–H groups in total. The first kappa shape index (κ1) is 18.1. The highest BCUT2D eigenvalue weighted by Crippen LogP contribution is 2.23. The average Bonchev–Trinajstić information content (AvgIpc) is 3.27. The van der Waals surface area contributed by atoms with Crippen molar-refractivity contribution in [1.82, 2.24) is 9.97 Å². The third-order valence-corrected chi connectivity index (χ3v) is 4.88. The maximum absolute atomic E-state index is 11.8. The summed E-state index contributed by atoms with van der Waals surface area (Å²) in [7, 11) is 1.63. The Morgan fingerprint density at radius 3 is 2.69 bits per heavy atom. The van der Waals surface area contributed by atoms with Gasteiger partial charge < -0.3 is 14.8 Å². The van der Waals surface area contributed by atoms with Gasteiger partial charge in [0.25, 0.3) is 0 Å². The molecule has 26 heavy (non-hydrogen) atoms. The molecule has 0 amide bonds. The van der Waals surface area contributed by atoms with Crippen LogP contribution in [0.2, 0.25) is 0 Å². The van der Waals surface area contributed by atoms with Gasteiger partial charge in [-0.2, -0.15) is 0 Å². The second-order valence-electron chi connectivity index (χ2n) is 5.23. The minimum absolute atomic E-state index is 0.125. The number of benzene rings is 1. The first-order valence-electron chi connectivity index (χ1n) is 7.75. The summed E-state index contributed by atoms with van der Waals surface area (Å²) < 4.78 is 10.3. The van der Waals surface area contributed by atoms with Crippen molar-refractivity contribution < 1.29 is 14.3 Å². The topological polar surface area (TPSA) is 73.3 Å². The Hall–Kier alpha value is -2.71. The van der Waals surface area contributed by atoms with Gasteiger partial charge in [-0.1, -0.05) is 0 Å². The SMILES string of the molecule is COc1ccc(Nc2nc(COC(=O)/C=C/c3csc(C)n3)cs2)cc1. The van der Waals surface area contributed by atoms with Crippen molar-refractivity contribution in [3.63, 3.8) is 0 Å². The fourth-order valence-electron chi connectivity index (χ4n) is 2.03. The van der Waals surface area contributed by atoms with Gasteiger partial charge in [0.1, 0.15) is 12.4 Å². The van der Waals surface area contributed by atoms with Crippen molar-refractivity contribution >= 4 is 45.5 Å². The van der Waals surface area contributed by atoms with E-state index in [-0.39, 0.29) is 6.61 Å². The van der Waals surface area contributed by atoms with Gasteiger partial charge in [0, 0.05) is 22.5 Å². The summed E-state index contributed by atoms with van der Waals surface area (Å²) in [5.74, 6) is 0.372. The largest absolute Gasteiger partial charge is 0.497 e. The Morgan fingerprint density at radius 1 is 1.19 bits per heavy atom. The molecule has 0 aliphatic rings. The third kappa shape index (κ3) is 5.14. The zero-order valence-electron chi connectivity index (χ0n) is 14.3. The Balaban J connectivity index is 1.49. The van der Waals surface area contributed by atoms with Crippen molar-refractivity contribution in [1.29, 1.82) is 0 Å². The molecule has 3 aromatic rings. The Morgan fingerprint density at radius 2 is 2.00 bits per heavy atom. The first-order chi connectivity index (χ1) is 12.6. The van der Waals surface area contributed by atoms with E-state index in [4.69, 9.17) is 9.47 Å². The van der Waals surface area contributed by atoms with Crippen molar-refractivity contribution in [3.05, 3.63) is 57.5 Å². The molecule has 1 aromatic carbocycles. The van der Waals surface area contributed by atoms with E-state index in [9.17, 15) is 4.79 Å². The number of methoxy groups -OCH3 is 1. The van der Waals surface area contributed by atoms with E-state index < -0.39 is 5.97 Å². The van der Waals surface area contributed by atoms with Crippen molar-refractivity contribution in [2.45, 2.75) is 13.5 Å². The van der Waals surface area contributed by atoms with E-state index in [1.165, 1.54) is 28.7 Å². The number of esters is 1. The maximum atomic E-state index is 11.8. The van der Waals surface area contributed by atoms with E-state index in [1.807, 2.05) is 41.9 Å². The lowest BCUT2D eigenvalue weighted by atomic mass is 10.3. The molecule has 0 fully saturated rings. The number of nitrogens with one attached hydrogen (secondary N) is 1. The lowest BCUT2D eigenvalue weighted by Crippen LogP contribution is -2.01. The van der Waals surface area contributed by atoms with Gasteiger partial charge in [0.2, 0.25) is 0 Å². The molecule has 0 unspecified atom stereocenters. The monoisotopic (exact) mass is 387 g/mol. The molecule has 0 aliphatic carbocycles. The summed E-state index contributed by atoms with van der Waals surface area (Å²) >= 11 is 2.98. The number of hydrogen-bond donors (Lipinski definition) is 1. The molecule has 0 aliphatic heterocycles. The number of rotatable bonds is 7. The molecule has 2 heterocycles. The van der Waals surface area contributed by atoms with Crippen LogP contribution in [0, 0.1) is 6.92 Å². The summed E-state index contributed by atoms with van der Waals surface area (Å²) in [6.45, 7) is 2.04. The number of carbonyl (C=O) groups is 1. The molecule has 3 rings (SSSR count). The Labute approximate surface area is 159 Å². The van der Waals surface area contributed by atoms with Gasteiger partial charge in [-0.05, 0) is 37.3 Å². The highest BCUT2D eigenvalue weighted by atomic mass is 32.1. The van der Waals surface area contributed by atoms with E-state index in [2.05, 4.69) is 15.3 Å². The van der Waals surface area contributed by atoms with Gasteiger partial charge in [-0.25, -0.2) is 14.8 Å². The zero-order valence-corrected chi connectivity index (χ0v) is 15.9. The van der Waals surface area contributed by atoms with E-state index in [0.717, 1.165) is 27.3 Å². The molecular weight excluding hydrogens is 370 g/mol. The molecule has 6 nitrogen and oxygen atoms in total. The highest BCUT2D eigenvalue weighted by Gasteiger charge is 2.05. The smallest absolute Gasteiger partial charge is 0.331 e. The highest BCUT2D eigenvalue weighted by molar-refractivity contribution is 7.13. The van der Waals surface area contributed by atoms with E-state index in [1.54, 1.807) is 13.2 Å². The minimum Gasteiger partial charge on any atom is -0.497 e.